The van der Waals surface area contributed by atoms with Crippen molar-refractivity contribution in [2.24, 2.45) is 11.8 Å². The number of hydrogen-bond donors (Lipinski definition) is 2. The summed E-state index contributed by atoms with van der Waals surface area (Å²) < 4.78 is 39.5. The summed E-state index contributed by atoms with van der Waals surface area (Å²) in [5.41, 5.74) is 7.32. The lowest BCUT2D eigenvalue weighted by Crippen LogP contribution is -2.04. The van der Waals surface area contributed by atoms with E-state index < -0.39 is 0 Å². The number of hydrogen-bond acceptors (Lipinski definition) is 15. The Morgan fingerprint density at radius 1 is 0.464 bits per heavy atom. The minimum absolute atomic E-state index is 0.0154. The molecule has 2 aliphatic carbocycles. The van der Waals surface area contributed by atoms with E-state index in [2.05, 4.69) is 4.74 Å². The van der Waals surface area contributed by atoms with Crippen LogP contribution in [0.25, 0.3) is 6.08 Å². The molecule has 0 heterocycles. The van der Waals surface area contributed by atoms with E-state index in [0.29, 0.717) is 34.7 Å². The van der Waals surface area contributed by atoms with Gasteiger partial charge in [-0.1, -0.05) is 36.4 Å². The molecular formula is C54H62O15. The van der Waals surface area contributed by atoms with Gasteiger partial charge < -0.3 is 48.1 Å². The fourth-order valence-electron chi connectivity index (χ4n) is 6.93. The predicted molar refractivity (Wildman–Crippen MR) is 260 cm³/mol. The van der Waals surface area contributed by atoms with Gasteiger partial charge in [-0.2, -0.15) is 0 Å². The van der Waals surface area contributed by atoms with Crippen LogP contribution >= 0.6 is 0 Å². The summed E-state index contributed by atoms with van der Waals surface area (Å²) in [7, 11) is 12.0. The maximum atomic E-state index is 11.4. The predicted octanol–water partition coefficient (Wildman–Crippen LogP) is 9.18. The average Bonchev–Trinajstić information content (AvgIpc) is 4.32. The van der Waals surface area contributed by atoms with Gasteiger partial charge in [0.2, 0.25) is 0 Å². The largest absolute Gasteiger partial charge is 0.508 e. The molecule has 2 aliphatic rings. The standard InChI is InChI=1S/C13H16O3.C12H14O4.C12H14O3.C9H10O2.C8H8O3/c1-8-4-5-9(12(6-8)15-2)10-7-11(10)13(14)16-3;1-15-11-5-7(13)3-4-8(11)9-6-10(9)12(14)16-2;1-9-4-5-10(11(8-9)14-2)6-7-12(13)15-3;1-7-3-4-8(6-10)9(5-7)11-2;1-11-8-4-7(10)3-2-6(8)5-9/h4-6,10-11H,7H2,1-3H3;3-5,9-10,13H,6H2,1-2H3;4-8H,1-3H3;3-6H,1-2H3;2-5,10H,1H3/b;;7-6+;;. The Balaban J connectivity index is 0.000000231. The minimum atomic E-state index is -0.377. The second-order valence-corrected chi connectivity index (χ2v) is 15.6. The fourth-order valence-corrected chi connectivity index (χ4v) is 6.93. The molecule has 0 amide bonds. The van der Waals surface area contributed by atoms with Gasteiger partial charge in [-0.3, -0.25) is 19.2 Å². The molecule has 0 aromatic heterocycles. The molecule has 0 saturated heterocycles. The summed E-state index contributed by atoms with van der Waals surface area (Å²) in [6.45, 7) is 5.96. The van der Waals surface area contributed by atoms with E-state index in [1.807, 2.05) is 69.3 Å². The molecule has 0 spiro atoms. The van der Waals surface area contributed by atoms with Crippen LogP contribution in [0.1, 0.15) is 78.8 Å². The number of esters is 3. The molecule has 69 heavy (non-hydrogen) atoms. The smallest absolute Gasteiger partial charge is 0.330 e. The van der Waals surface area contributed by atoms with E-state index in [1.54, 1.807) is 58.8 Å². The average molecular weight is 951 g/mol. The van der Waals surface area contributed by atoms with Crippen LogP contribution in [-0.2, 0) is 28.6 Å². The van der Waals surface area contributed by atoms with Crippen LogP contribution < -0.4 is 23.7 Å². The Bertz CT molecular complexity index is 2410. The van der Waals surface area contributed by atoms with Crippen LogP contribution in [0.5, 0.6) is 40.2 Å². The number of aldehydes is 2. The number of carbonyl (C=O) groups excluding carboxylic acids is 5. The Kier molecular flexibility index (Phi) is 22.3. The molecule has 5 aromatic rings. The van der Waals surface area contributed by atoms with Gasteiger partial charge in [-0.25, -0.2) is 4.79 Å². The third-order valence-electron chi connectivity index (χ3n) is 10.8. The van der Waals surface area contributed by atoms with Gasteiger partial charge in [0.25, 0.3) is 0 Å². The summed E-state index contributed by atoms with van der Waals surface area (Å²) in [5, 5.41) is 18.3. The lowest BCUT2D eigenvalue weighted by atomic mass is 10.1. The van der Waals surface area contributed by atoms with Crippen LogP contribution in [0.4, 0.5) is 0 Å². The number of methoxy groups -OCH3 is 8. The van der Waals surface area contributed by atoms with E-state index >= 15 is 0 Å². The van der Waals surface area contributed by atoms with E-state index in [-0.39, 0.29) is 53.1 Å². The first-order chi connectivity index (χ1) is 33.1. The van der Waals surface area contributed by atoms with E-state index in [0.717, 1.165) is 64.0 Å². The number of phenols is 2. The number of carbonyl (C=O) groups is 5. The molecule has 4 unspecified atom stereocenters. The topological polar surface area (TPSA) is 200 Å². The van der Waals surface area contributed by atoms with Gasteiger partial charge in [0.1, 0.15) is 40.2 Å². The van der Waals surface area contributed by atoms with Crippen molar-refractivity contribution in [1.29, 1.82) is 0 Å². The Morgan fingerprint density at radius 3 is 1.25 bits per heavy atom. The Labute approximate surface area is 403 Å². The van der Waals surface area contributed by atoms with Crippen molar-refractivity contribution < 1.29 is 72.1 Å². The Hall–Kier alpha value is -7.81. The highest BCUT2D eigenvalue weighted by Gasteiger charge is 2.47. The molecule has 7 rings (SSSR count). The van der Waals surface area contributed by atoms with Crippen LogP contribution in [-0.4, -0.2) is 97.6 Å². The first-order valence-corrected chi connectivity index (χ1v) is 21.6. The van der Waals surface area contributed by atoms with Crippen LogP contribution in [0.2, 0.25) is 0 Å². The molecule has 4 atom stereocenters. The van der Waals surface area contributed by atoms with Crippen molar-refractivity contribution in [3.63, 3.8) is 0 Å². The SMILES string of the molecule is COC(=O)/C=C/c1ccc(C)cc1OC.COC(=O)C1CC1c1ccc(C)cc1OC.COC(=O)C1CC1c1ccc(O)cc1OC.COc1cc(C)ccc1C=O.COc1cc(O)ccc1C=O. The molecule has 5 aromatic carbocycles. The molecule has 0 aliphatic heterocycles. The van der Waals surface area contributed by atoms with Crippen molar-refractivity contribution in [3.8, 4) is 40.2 Å². The highest BCUT2D eigenvalue weighted by Crippen LogP contribution is 2.52. The minimum Gasteiger partial charge on any atom is -0.508 e. The van der Waals surface area contributed by atoms with Crippen LogP contribution in [0.3, 0.4) is 0 Å². The van der Waals surface area contributed by atoms with Crippen molar-refractivity contribution in [1.82, 2.24) is 0 Å². The molecule has 2 N–H and O–H groups in total. The number of aromatic hydroxyl groups is 2. The number of rotatable bonds is 13. The van der Waals surface area contributed by atoms with Crippen molar-refractivity contribution in [3.05, 3.63) is 142 Å². The van der Waals surface area contributed by atoms with E-state index in [4.69, 9.17) is 38.3 Å². The van der Waals surface area contributed by atoms with Gasteiger partial charge >= 0.3 is 17.9 Å². The second kappa shape index (κ2) is 27.7. The molecule has 0 radical (unpaired) electrons. The second-order valence-electron chi connectivity index (χ2n) is 15.6. The lowest BCUT2D eigenvalue weighted by molar-refractivity contribution is -0.143. The van der Waals surface area contributed by atoms with Gasteiger partial charge in [0, 0.05) is 35.6 Å². The normalized spacial score (nSPS) is 15.7. The molecular weight excluding hydrogens is 889 g/mol. The van der Waals surface area contributed by atoms with Crippen LogP contribution in [0.15, 0.2) is 97.1 Å². The third-order valence-corrected chi connectivity index (χ3v) is 10.8. The number of ether oxygens (including phenoxy) is 8. The highest BCUT2D eigenvalue weighted by molar-refractivity contribution is 5.87. The zero-order valence-corrected chi connectivity index (χ0v) is 40.9. The third kappa shape index (κ3) is 16.8. The van der Waals surface area contributed by atoms with Gasteiger partial charge in [0.15, 0.2) is 12.6 Å². The molecule has 2 saturated carbocycles. The number of aryl methyl sites for hydroxylation is 3. The maximum absolute atomic E-state index is 11.4. The van der Waals surface area contributed by atoms with Gasteiger partial charge in [-0.15, -0.1) is 0 Å². The summed E-state index contributed by atoms with van der Waals surface area (Å²) >= 11 is 0. The molecule has 15 nitrogen and oxygen atoms in total. The van der Waals surface area contributed by atoms with Crippen molar-refractivity contribution >= 4 is 36.6 Å². The zero-order chi connectivity index (χ0) is 51.2. The van der Waals surface area contributed by atoms with E-state index in [9.17, 15) is 29.1 Å². The first-order valence-electron chi connectivity index (χ1n) is 21.6. The van der Waals surface area contributed by atoms with E-state index in [1.165, 1.54) is 52.7 Å². The van der Waals surface area contributed by atoms with Crippen molar-refractivity contribution in [2.45, 2.75) is 45.4 Å². The maximum Gasteiger partial charge on any atom is 0.330 e. The molecule has 0 bridgehead atoms. The summed E-state index contributed by atoms with van der Waals surface area (Å²) in [5.74, 6) is 3.22. The highest BCUT2D eigenvalue weighted by atomic mass is 16.5. The molecule has 15 heteroatoms. The van der Waals surface area contributed by atoms with Crippen LogP contribution in [0, 0.1) is 32.6 Å². The fraction of sp³-hybridized carbons (Fsp3) is 0.315. The zero-order valence-electron chi connectivity index (χ0n) is 40.9. The number of phenolic OH excluding ortho intramolecular Hbond substituents is 2. The summed E-state index contributed by atoms with van der Waals surface area (Å²) in [4.78, 5) is 54.3. The summed E-state index contributed by atoms with van der Waals surface area (Å²) in [6.07, 6.45) is 6.16. The summed E-state index contributed by atoms with van der Waals surface area (Å²) in [6, 6.07) is 26.6. The monoisotopic (exact) mass is 950 g/mol. The van der Waals surface area contributed by atoms with Gasteiger partial charge in [0.05, 0.1) is 79.8 Å². The first kappa shape index (κ1) is 55.5. The molecule has 368 valence electrons. The quantitative estimate of drug-likeness (QED) is 0.0490. The molecule has 2 fully saturated rings. The van der Waals surface area contributed by atoms with Crippen molar-refractivity contribution in [2.75, 3.05) is 56.9 Å². The Morgan fingerprint density at radius 2 is 0.812 bits per heavy atom. The lowest BCUT2D eigenvalue weighted by Gasteiger charge is -2.08. The number of benzene rings is 5. The van der Waals surface area contributed by atoms with Gasteiger partial charge in [-0.05, 0) is 110 Å².